The molecule has 0 aliphatic rings. The SMILES string of the molecule is Cc1nc(C(C)NCc2ccc(OCC(C)C)cc2)cs1. The molecule has 1 heterocycles. The summed E-state index contributed by atoms with van der Waals surface area (Å²) in [5, 5.41) is 6.74. The van der Waals surface area contributed by atoms with Crippen LogP contribution in [0.15, 0.2) is 29.6 Å². The summed E-state index contributed by atoms with van der Waals surface area (Å²) in [6, 6.07) is 8.57. The van der Waals surface area contributed by atoms with E-state index in [0.29, 0.717) is 5.92 Å². The highest BCUT2D eigenvalue weighted by Crippen LogP contribution is 2.17. The van der Waals surface area contributed by atoms with Crippen molar-refractivity contribution in [1.82, 2.24) is 10.3 Å². The number of rotatable bonds is 7. The lowest BCUT2D eigenvalue weighted by Crippen LogP contribution is -2.18. The number of hydrogen-bond donors (Lipinski definition) is 1. The smallest absolute Gasteiger partial charge is 0.119 e. The van der Waals surface area contributed by atoms with Crippen molar-refractivity contribution in [2.45, 2.75) is 40.3 Å². The molecular weight excluding hydrogens is 280 g/mol. The maximum Gasteiger partial charge on any atom is 0.119 e. The van der Waals surface area contributed by atoms with Gasteiger partial charge in [-0.2, -0.15) is 0 Å². The fourth-order valence-electron chi connectivity index (χ4n) is 1.92. The molecule has 0 saturated carbocycles. The first-order chi connectivity index (χ1) is 10.0. The lowest BCUT2D eigenvalue weighted by Gasteiger charge is -2.12. The van der Waals surface area contributed by atoms with Gasteiger partial charge in [0.15, 0.2) is 0 Å². The molecule has 0 radical (unpaired) electrons. The summed E-state index contributed by atoms with van der Waals surface area (Å²) in [5.74, 6) is 1.49. The highest BCUT2D eigenvalue weighted by molar-refractivity contribution is 7.09. The third kappa shape index (κ3) is 5.14. The van der Waals surface area contributed by atoms with E-state index in [9.17, 15) is 0 Å². The van der Waals surface area contributed by atoms with E-state index in [1.807, 2.05) is 19.1 Å². The Labute approximate surface area is 131 Å². The number of ether oxygens (including phenoxy) is 1. The normalized spacial score (nSPS) is 12.6. The van der Waals surface area contributed by atoms with Crippen LogP contribution in [-0.4, -0.2) is 11.6 Å². The maximum absolute atomic E-state index is 5.69. The first-order valence-corrected chi connectivity index (χ1v) is 8.29. The van der Waals surface area contributed by atoms with E-state index in [1.165, 1.54) is 5.56 Å². The van der Waals surface area contributed by atoms with E-state index in [1.54, 1.807) is 11.3 Å². The lowest BCUT2D eigenvalue weighted by atomic mass is 10.2. The molecule has 0 fully saturated rings. The largest absolute Gasteiger partial charge is 0.493 e. The van der Waals surface area contributed by atoms with E-state index < -0.39 is 0 Å². The van der Waals surface area contributed by atoms with E-state index in [4.69, 9.17) is 4.74 Å². The van der Waals surface area contributed by atoms with Gasteiger partial charge in [-0.3, -0.25) is 0 Å². The zero-order valence-corrected chi connectivity index (χ0v) is 14.0. The van der Waals surface area contributed by atoms with Gasteiger partial charge >= 0.3 is 0 Å². The number of aromatic nitrogens is 1. The molecule has 1 N–H and O–H groups in total. The highest BCUT2D eigenvalue weighted by atomic mass is 32.1. The number of nitrogens with one attached hydrogen (secondary N) is 1. The Morgan fingerprint density at radius 3 is 2.48 bits per heavy atom. The molecule has 0 aliphatic heterocycles. The molecule has 3 nitrogen and oxygen atoms in total. The number of benzene rings is 1. The summed E-state index contributed by atoms with van der Waals surface area (Å²) in [4.78, 5) is 4.51. The van der Waals surface area contributed by atoms with Gasteiger partial charge in [0.05, 0.1) is 17.3 Å². The number of hydrogen-bond acceptors (Lipinski definition) is 4. The van der Waals surface area contributed by atoms with Gasteiger partial charge in [0.1, 0.15) is 5.75 Å². The van der Waals surface area contributed by atoms with Crippen molar-refractivity contribution < 1.29 is 4.74 Å². The van der Waals surface area contributed by atoms with E-state index in [0.717, 1.165) is 29.6 Å². The third-order valence-electron chi connectivity index (χ3n) is 3.20. The number of aryl methyl sites for hydroxylation is 1. The predicted octanol–water partition coefficient (Wildman–Crippen LogP) is 4.34. The minimum atomic E-state index is 0.270. The average molecular weight is 304 g/mol. The van der Waals surface area contributed by atoms with Gasteiger partial charge in [0.2, 0.25) is 0 Å². The molecular formula is C17H24N2OS. The van der Waals surface area contributed by atoms with Crippen LogP contribution in [0.1, 0.15) is 43.1 Å². The van der Waals surface area contributed by atoms with Crippen LogP contribution in [0.25, 0.3) is 0 Å². The molecule has 1 aromatic carbocycles. The summed E-state index contributed by atoms with van der Waals surface area (Å²) in [5.41, 5.74) is 2.38. The molecule has 0 aliphatic carbocycles. The zero-order chi connectivity index (χ0) is 15.2. The quantitative estimate of drug-likeness (QED) is 0.826. The maximum atomic E-state index is 5.69. The van der Waals surface area contributed by atoms with Crippen molar-refractivity contribution in [2.24, 2.45) is 5.92 Å². The fraction of sp³-hybridized carbons (Fsp3) is 0.471. The molecule has 1 atom stereocenters. The van der Waals surface area contributed by atoms with Crippen LogP contribution in [0.2, 0.25) is 0 Å². The van der Waals surface area contributed by atoms with Crippen LogP contribution in [0.3, 0.4) is 0 Å². The molecule has 1 aromatic heterocycles. The summed E-state index contributed by atoms with van der Waals surface area (Å²) >= 11 is 1.70. The monoisotopic (exact) mass is 304 g/mol. The molecule has 0 spiro atoms. The van der Waals surface area contributed by atoms with Gasteiger partial charge in [-0.15, -0.1) is 11.3 Å². The standard InChI is InChI=1S/C17H24N2OS/c1-12(2)10-20-16-7-5-15(6-8-16)9-18-13(3)17-11-21-14(4)19-17/h5-8,11-13,18H,9-10H2,1-4H3. The van der Waals surface area contributed by atoms with Crippen molar-refractivity contribution in [2.75, 3.05) is 6.61 Å². The van der Waals surface area contributed by atoms with Crippen LogP contribution in [0, 0.1) is 12.8 Å². The van der Waals surface area contributed by atoms with Gasteiger partial charge in [-0.1, -0.05) is 26.0 Å². The highest BCUT2D eigenvalue weighted by Gasteiger charge is 2.08. The molecule has 2 aromatic rings. The second-order valence-electron chi connectivity index (χ2n) is 5.74. The molecule has 0 bridgehead atoms. The van der Waals surface area contributed by atoms with Crippen LogP contribution in [0.5, 0.6) is 5.75 Å². The Morgan fingerprint density at radius 1 is 1.19 bits per heavy atom. The van der Waals surface area contributed by atoms with Crippen LogP contribution in [-0.2, 0) is 6.54 Å². The van der Waals surface area contributed by atoms with E-state index >= 15 is 0 Å². The summed E-state index contributed by atoms with van der Waals surface area (Å²) < 4.78 is 5.69. The predicted molar refractivity (Wildman–Crippen MR) is 88.9 cm³/mol. The molecule has 4 heteroatoms. The first kappa shape index (κ1) is 16.0. The summed E-state index contributed by atoms with van der Waals surface area (Å²) in [7, 11) is 0. The molecule has 21 heavy (non-hydrogen) atoms. The molecule has 1 unspecified atom stereocenters. The third-order valence-corrected chi connectivity index (χ3v) is 3.99. The number of nitrogens with zero attached hydrogens (tertiary/aromatic N) is 1. The van der Waals surface area contributed by atoms with Crippen molar-refractivity contribution in [3.8, 4) is 5.75 Å². The van der Waals surface area contributed by atoms with Gasteiger partial charge in [-0.05, 0) is 37.5 Å². The summed E-state index contributed by atoms with van der Waals surface area (Å²) in [6.45, 7) is 10.1. The molecule has 0 saturated heterocycles. The Balaban J connectivity index is 1.83. The van der Waals surface area contributed by atoms with Gasteiger partial charge < -0.3 is 10.1 Å². The zero-order valence-electron chi connectivity index (χ0n) is 13.2. The van der Waals surface area contributed by atoms with Gasteiger partial charge in [0.25, 0.3) is 0 Å². The Hall–Kier alpha value is -1.39. The Bertz CT molecular complexity index is 548. The first-order valence-electron chi connectivity index (χ1n) is 7.41. The Kier molecular flexibility index (Phi) is 5.76. The van der Waals surface area contributed by atoms with E-state index in [2.05, 4.69) is 48.6 Å². The van der Waals surface area contributed by atoms with Crippen LogP contribution < -0.4 is 10.1 Å². The minimum Gasteiger partial charge on any atom is -0.493 e. The molecule has 114 valence electrons. The van der Waals surface area contributed by atoms with Crippen LogP contribution >= 0.6 is 11.3 Å². The van der Waals surface area contributed by atoms with Crippen molar-refractivity contribution in [3.63, 3.8) is 0 Å². The Morgan fingerprint density at radius 2 is 1.90 bits per heavy atom. The van der Waals surface area contributed by atoms with Crippen molar-refractivity contribution in [3.05, 3.63) is 45.9 Å². The van der Waals surface area contributed by atoms with E-state index in [-0.39, 0.29) is 6.04 Å². The minimum absolute atomic E-state index is 0.270. The van der Waals surface area contributed by atoms with Gasteiger partial charge in [0, 0.05) is 18.0 Å². The second-order valence-corrected chi connectivity index (χ2v) is 6.81. The summed E-state index contributed by atoms with van der Waals surface area (Å²) in [6.07, 6.45) is 0. The lowest BCUT2D eigenvalue weighted by molar-refractivity contribution is 0.271. The molecule has 0 amide bonds. The topological polar surface area (TPSA) is 34.2 Å². The van der Waals surface area contributed by atoms with Crippen molar-refractivity contribution in [1.29, 1.82) is 0 Å². The van der Waals surface area contributed by atoms with Crippen LogP contribution in [0.4, 0.5) is 0 Å². The van der Waals surface area contributed by atoms with Gasteiger partial charge in [-0.25, -0.2) is 4.98 Å². The average Bonchev–Trinajstić information content (AvgIpc) is 2.90. The van der Waals surface area contributed by atoms with Crippen molar-refractivity contribution >= 4 is 11.3 Å². The number of thiazole rings is 1. The fourth-order valence-corrected chi connectivity index (χ4v) is 2.63. The second kappa shape index (κ2) is 7.57. The molecule has 2 rings (SSSR count).